The Balaban J connectivity index is 1.73. The van der Waals surface area contributed by atoms with Crippen molar-refractivity contribution < 1.29 is 9.21 Å². The Bertz CT molecular complexity index is 503. The van der Waals surface area contributed by atoms with Crippen LogP contribution in [0.2, 0.25) is 0 Å². The number of rotatable bonds is 6. The van der Waals surface area contributed by atoms with Crippen LogP contribution in [-0.4, -0.2) is 10.9 Å². The van der Waals surface area contributed by atoms with E-state index in [1.165, 1.54) is 23.8 Å². The molecule has 0 bridgehead atoms. The smallest absolute Gasteiger partial charge is 0.220 e. The van der Waals surface area contributed by atoms with E-state index >= 15 is 0 Å². The minimum Gasteiger partial charge on any atom is -0.451 e. The van der Waals surface area contributed by atoms with Crippen LogP contribution in [0.4, 0.5) is 0 Å². The summed E-state index contributed by atoms with van der Waals surface area (Å²) in [5.41, 5.74) is 3.24. The topological polar surface area (TPSA) is 55.1 Å². The molecule has 100 valence electrons. The van der Waals surface area contributed by atoms with Gasteiger partial charge in [-0.3, -0.25) is 4.79 Å². The summed E-state index contributed by atoms with van der Waals surface area (Å²) in [7, 11) is 0. The van der Waals surface area contributed by atoms with Gasteiger partial charge in [0.1, 0.15) is 6.26 Å². The number of benzene rings is 1. The van der Waals surface area contributed by atoms with E-state index in [0.29, 0.717) is 13.0 Å². The molecule has 0 fully saturated rings. The third-order valence-electron chi connectivity index (χ3n) is 3.02. The average Bonchev–Trinajstić information content (AvgIpc) is 2.96. The molecule has 0 saturated heterocycles. The van der Waals surface area contributed by atoms with Gasteiger partial charge in [-0.25, -0.2) is 4.98 Å². The standard InChI is InChI=1S/C15H18N2O2/c1-2-12-3-5-13(6-4-12)7-8-15(18)16-9-14-10-19-11-17-14/h3-6,10-11H,2,7-9H2,1H3,(H,16,18). The molecule has 2 aromatic rings. The molecule has 1 aromatic heterocycles. The second-order valence-electron chi connectivity index (χ2n) is 4.43. The fourth-order valence-electron chi connectivity index (χ4n) is 1.80. The molecule has 0 saturated carbocycles. The van der Waals surface area contributed by atoms with Crippen molar-refractivity contribution in [2.45, 2.75) is 32.7 Å². The van der Waals surface area contributed by atoms with Crippen LogP contribution in [0, 0.1) is 0 Å². The van der Waals surface area contributed by atoms with Crippen LogP contribution in [-0.2, 0) is 24.2 Å². The predicted molar refractivity (Wildman–Crippen MR) is 72.5 cm³/mol. The highest BCUT2D eigenvalue weighted by molar-refractivity contribution is 5.76. The van der Waals surface area contributed by atoms with Gasteiger partial charge in [-0.05, 0) is 24.0 Å². The molecule has 19 heavy (non-hydrogen) atoms. The van der Waals surface area contributed by atoms with E-state index in [1.54, 1.807) is 0 Å². The summed E-state index contributed by atoms with van der Waals surface area (Å²) in [6, 6.07) is 8.40. The SMILES string of the molecule is CCc1ccc(CCC(=O)NCc2cocn2)cc1. The molecule has 0 radical (unpaired) electrons. The maximum absolute atomic E-state index is 11.7. The summed E-state index contributed by atoms with van der Waals surface area (Å²) in [6.45, 7) is 2.55. The first kappa shape index (κ1) is 13.3. The van der Waals surface area contributed by atoms with Crippen molar-refractivity contribution in [2.24, 2.45) is 0 Å². The van der Waals surface area contributed by atoms with E-state index in [1.807, 2.05) is 0 Å². The summed E-state index contributed by atoms with van der Waals surface area (Å²) >= 11 is 0. The molecular weight excluding hydrogens is 240 g/mol. The zero-order valence-corrected chi connectivity index (χ0v) is 11.1. The van der Waals surface area contributed by atoms with Crippen LogP contribution < -0.4 is 5.32 Å². The molecule has 1 heterocycles. The number of oxazole rings is 1. The maximum atomic E-state index is 11.7. The van der Waals surface area contributed by atoms with Crippen LogP contribution >= 0.6 is 0 Å². The molecule has 1 N–H and O–H groups in total. The van der Waals surface area contributed by atoms with Crippen molar-refractivity contribution in [3.05, 3.63) is 53.7 Å². The van der Waals surface area contributed by atoms with Crippen LogP contribution in [0.25, 0.3) is 0 Å². The number of hydrogen-bond acceptors (Lipinski definition) is 3. The van der Waals surface area contributed by atoms with Gasteiger partial charge in [0.05, 0.1) is 12.2 Å². The Kier molecular flexibility index (Phi) is 4.72. The number of carbonyl (C=O) groups is 1. The second-order valence-corrected chi connectivity index (χ2v) is 4.43. The summed E-state index contributed by atoms with van der Waals surface area (Å²) in [5.74, 6) is 0.0302. The Morgan fingerprint density at radius 3 is 2.63 bits per heavy atom. The Morgan fingerprint density at radius 2 is 2.00 bits per heavy atom. The third-order valence-corrected chi connectivity index (χ3v) is 3.02. The molecule has 0 aliphatic carbocycles. The largest absolute Gasteiger partial charge is 0.451 e. The highest BCUT2D eigenvalue weighted by atomic mass is 16.3. The quantitative estimate of drug-likeness (QED) is 0.866. The monoisotopic (exact) mass is 258 g/mol. The molecular formula is C15H18N2O2. The fourth-order valence-corrected chi connectivity index (χ4v) is 1.80. The van der Waals surface area contributed by atoms with Crippen molar-refractivity contribution in [2.75, 3.05) is 0 Å². The molecule has 0 unspecified atom stereocenters. The van der Waals surface area contributed by atoms with E-state index in [-0.39, 0.29) is 5.91 Å². The summed E-state index contributed by atoms with van der Waals surface area (Å²) in [4.78, 5) is 15.6. The summed E-state index contributed by atoms with van der Waals surface area (Å²) < 4.78 is 4.84. The van der Waals surface area contributed by atoms with E-state index < -0.39 is 0 Å². The van der Waals surface area contributed by atoms with Crippen LogP contribution in [0.1, 0.15) is 30.2 Å². The van der Waals surface area contributed by atoms with Gasteiger partial charge >= 0.3 is 0 Å². The highest BCUT2D eigenvalue weighted by Gasteiger charge is 2.03. The Labute approximate surface area is 112 Å². The van der Waals surface area contributed by atoms with Gasteiger partial charge in [0.2, 0.25) is 5.91 Å². The van der Waals surface area contributed by atoms with Gasteiger partial charge < -0.3 is 9.73 Å². The molecule has 0 spiro atoms. The minimum absolute atomic E-state index is 0.0302. The van der Waals surface area contributed by atoms with Crippen molar-refractivity contribution in [1.29, 1.82) is 0 Å². The van der Waals surface area contributed by atoms with Gasteiger partial charge in [-0.2, -0.15) is 0 Å². The number of amides is 1. The van der Waals surface area contributed by atoms with E-state index in [0.717, 1.165) is 18.5 Å². The van der Waals surface area contributed by atoms with Crippen LogP contribution in [0.3, 0.4) is 0 Å². The first-order chi connectivity index (χ1) is 9.28. The molecule has 4 heteroatoms. The van der Waals surface area contributed by atoms with Gasteiger partial charge in [-0.15, -0.1) is 0 Å². The first-order valence-corrected chi connectivity index (χ1v) is 6.49. The molecule has 1 aromatic carbocycles. The summed E-state index contributed by atoms with van der Waals surface area (Å²) in [5, 5.41) is 2.82. The highest BCUT2D eigenvalue weighted by Crippen LogP contribution is 2.07. The molecule has 0 aliphatic heterocycles. The van der Waals surface area contributed by atoms with Crippen molar-refractivity contribution in [3.8, 4) is 0 Å². The van der Waals surface area contributed by atoms with Crippen LogP contribution in [0.5, 0.6) is 0 Å². The van der Waals surface area contributed by atoms with Gasteiger partial charge in [0.15, 0.2) is 6.39 Å². The van der Waals surface area contributed by atoms with Gasteiger partial charge in [0.25, 0.3) is 0 Å². The first-order valence-electron chi connectivity index (χ1n) is 6.49. The summed E-state index contributed by atoms with van der Waals surface area (Å²) in [6.07, 6.45) is 5.18. The second kappa shape index (κ2) is 6.73. The molecule has 0 atom stereocenters. The van der Waals surface area contributed by atoms with Crippen molar-refractivity contribution in [3.63, 3.8) is 0 Å². The zero-order valence-electron chi connectivity index (χ0n) is 11.1. The number of aromatic nitrogens is 1. The van der Waals surface area contributed by atoms with Crippen LogP contribution in [0.15, 0.2) is 41.3 Å². The molecule has 2 rings (SSSR count). The lowest BCUT2D eigenvalue weighted by Gasteiger charge is -2.04. The zero-order chi connectivity index (χ0) is 13.5. The third kappa shape index (κ3) is 4.25. The van der Waals surface area contributed by atoms with Gasteiger partial charge in [0, 0.05) is 6.42 Å². The number of carbonyl (C=O) groups excluding carboxylic acids is 1. The van der Waals surface area contributed by atoms with Gasteiger partial charge in [-0.1, -0.05) is 31.2 Å². The lowest BCUT2D eigenvalue weighted by Crippen LogP contribution is -2.23. The molecule has 1 amide bonds. The van der Waals surface area contributed by atoms with E-state index in [4.69, 9.17) is 4.42 Å². The lowest BCUT2D eigenvalue weighted by molar-refractivity contribution is -0.121. The van der Waals surface area contributed by atoms with Crippen molar-refractivity contribution >= 4 is 5.91 Å². The number of nitrogens with one attached hydrogen (secondary N) is 1. The van der Waals surface area contributed by atoms with E-state index in [2.05, 4.69) is 41.5 Å². The van der Waals surface area contributed by atoms with Crippen molar-refractivity contribution in [1.82, 2.24) is 10.3 Å². The van der Waals surface area contributed by atoms with E-state index in [9.17, 15) is 4.79 Å². The predicted octanol–water partition coefficient (Wildman–Crippen LogP) is 2.49. The Hall–Kier alpha value is -2.10. The number of nitrogens with zero attached hydrogens (tertiary/aromatic N) is 1. The average molecular weight is 258 g/mol. The fraction of sp³-hybridized carbons (Fsp3) is 0.333. The normalized spacial score (nSPS) is 10.4. The number of aryl methyl sites for hydroxylation is 2. The molecule has 4 nitrogen and oxygen atoms in total. The lowest BCUT2D eigenvalue weighted by atomic mass is 10.1. The molecule has 0 aliphatic rings. The minimum atomic E-state index is 0.0302. The number of hydrogen-bond donors (Lipinski definition) is 1. The Morgan fingerprint density at radius 1 is 1.26 bits per heavy atom. The maximum Gasteiger partial charge on any atom is 0.220 e.